The van der Waals surface area contributed by atoms with Gasteiger partial charge < -0.3 is 33.9 Å². The van der Waals surface area contributed by atoms with Gasteiger partial charge in [0.25, 0.3) is 0 Å². The van der Waals surface area contributed by atoms with Crippen LogP contribution in [0.1, 0.15) is 194 Å². The van der Waals surface area contributed by atoms with E-state index in [2.05, 4.69) is 67.4 Å². The maximum atomic E-state index is 13.0. The van der Waals surface area contributed by atoms with Gasteiger partial charge in [-0.2, -0.15) is 0 Å². The Morgan fingerprint density at radius 1 is 0.550 bits per heavy atom. The summed E-state index contributed by atoms with van der Waals surface area (Å²) >= 11 is 0. The van der Waals surface area contributed by atoms with Crippen LogP contribution in [0.4, 0.5) is 4.79 Å². The van der Waals surface area contributed by atoms with Crippen molar-refractivity contribution in [1.29, 1.82) is 0 Å². The van der Waals surface area contributed by atoms with Crippen molar-refractivity contribution in [3.63, 3.8) is 0 Å². The van der Waals surface area contributed by atoms with Gasteiger partial charge in [-0.05, 0) is 103 Å². The second-order valence-corrected chi connectivity index (χ2v) is 16.5. The lowest BCUT2D eigenvalue weighted by Crippen LogP contribution is -2.32. The van der Waals surface area contributed by atoms with Gasteiger partial charge in [0, 0.05) is 26.0 Å². The van der Waals surface area contributed by atoms with Crippen LogP contribution >= 0.6 is 0 Å². The minimum absolute atomic E-state index is 0.00836. The van der Waals surface area contributed by atoms with Gasteiger partial charge in [0.05, 0.1) is 18.9 Å². The Labute approximate surface area is 367 Å². The third-order valence-corrected chi connectivity index (χ3v) is 10.7. The Morgan fingerprint density at radius 3 is 1.78 bits per heavy atom. The number of carbonyl (C=O) groups is 3. The molecular weight excluding hydrogens is 757 g/mol. The van der Waals surface area contributed by atoms with Crippen molar-refractivity contribution in [2.75, 3.05) is 59.2 Å². The summed E-state index contributed by atoms with van der Waals surface area (Å²) in [5, 5.41) is 2.82. The number of unbranched alkanes of at least 4 members (excludes halogenated alkanes) is 15. The standard InChI is InChI=1S/C50H90N2O8/c1-4-7-10-13-16-17-18-19-20-21-22-23-24-25-28-34-47(53)58-43-46(45-60-50(55)51-37-33-40-52-38-29-30-39-52)44-59-48(54)35-36-49(56-41-31-26-14-11-8-5-2)57-42-32-27-15-12-9-6-3/h11,14,16-17,19-20,46,49H,4-10,12-13,15,18,21-45H2,1-3H3,(H,51,55)/b14-11+,17-16-,20-19-. The number of rotatable bonds is 42. The van der Waals surface area contributed by atoms with E-state index in [0.717, 1.165) is 110 Å². The molecule has 1 saturated heterocycles. The van der Waals surface area contributed by atoms with E-state index in [1.165, 1.54) is 64.2 Å². The Morgan fingerprint density at radius 2 is 1.08 bits per heavy atom. The maximum Gasteiger partial charge on any atom is 0.407 e. The highest BCUT2D eigenvalue weighted by atomic mass is 16.7. The summed E-state index contributed by atoms with van der Waals surface area (Å²) < 4.78 is 28.9. The van der Waals surface area contributed by atoms with Crippen LogP contribution in [0.25, 0.3) is 0 Å². The highest BCUT2D eigenvalue weighted by molar-refractivity contribution is 5.70. The highest BCUT2D eigenvalue weighted by Crippen LogP contribution is 2.13. The number of hydrogen-bond acceptors (Lipinski definition) is 9. The number of nitrogens with one attached hydrogen (secondary N) is 1. The Bertz CT molecular complexity index is 1090. The fraction of sp³-hybridized carbons (Fsp3) is 0.820. The summed E-state index contributed by atoms with van der Waals surface area (Å²) in [6.45, 7) is 11.5. The SMILES string of the molecule is CCC/C=C/CCCOC(CCC(=O)OCC(COC(=O)CCCCCCC/C=C\C/C=C\CCCCC)COC(=O)NCCCN1CCCC1)OCCCCCCCC. The molecule has 1 fully saturated rings. The molecule has 1 amide bonds. The molecule has 0 spiro atoms. The van der Waals surface area contributed by atoms with Crippen LogP contribution in [0.3, 0.4) is 0 Å². The van der Waals surface area contributed by atoms with Gasteiger partial charge in [-0.3, -0.25) is 9.59 Å². The number of carbonyl (C=O) groups excluding carboxylic acids is 3. The van der Waals surface area contributed by atoms with E-state index >= 15 is 0 Å². The van der Waals surface area contributed by atoms with Crippen LogP contribution in [0.15, 0.2) is 36.5 Å². The van der Waals surface area contributed by atoms with Crippen molar-refractivity contribution in [1.82, 2.24) is 10.2 Å². The molecule has 10 nitrogen and oxygen atoms in total. The number of alkyl carbamates (subject to hydrolysis) is 1. The molecule has 1 aliphatic heterocycles. The molecule has 2 atom stereocenters. The molecule has 0 aliphatic carbocycles. The lowest BCUT2D eigenvalue weighted by atomic mass is 10.1. The van der Waals surface area contributed by atoms with E-state index in [-0.39, 0.29) is 38.2 Å². The first-order chi connectivity index (χ1) is 29.5. The zero-order valence-electron chi connectivity index (χ0n) is 38.8. The lowest BCUT2D eigenvalue weighted by molar-refractivity contribution is -0.161. The number of nitrogens with zero attached hydrogens (tertiary/aromatic N) is 1. The molecule has 0 saturated carbocycles. The molecule has 0 aromatic rings. The molecule has 1 N–H and O–H groups in total. The van der Waals surface area contributed by atoms with Gasteiger partial charge in [0.2, 0.25) is 0 Å². The summed E-state index contributed by atoms with van der Waals surface area (Å²) in [5.74, 6) is -1.15. The largest absolute Gasteiger partial charge is 0.465 e. The molecule has 0 bridgehead atoms. The molecule has 10 heteroatoms. The first-order valence-corrected chi connectivity index (χ1v) is 24.6. The van der Waals surface area contributed by atoms with E-state index in [1.54, 1.807) is 0 Å². The van der Waals surface area contributed by atoms with Crippen LogP contribution in [0.5, 0.6) is 0 Å². The monoisotopic (exact) mass is 847 g/mol. The third-order valence-electron chi connectivity index (χ3n) is 10.7. The second-order valence-electron chi connectivity index (χ2n) is 16.5. The van der Waals surface area contributed by atoms with Gasteiger partial charge in [-0.25, -0.2) is 4.79 Å². The first kappa shape index (κ1) is 55.3. The molecular formula is C50H90N2O8. The molecule has 0 radical (unpaired) electrons. The van der Waals surface area contributed by atoms with Crippen LogP contribution in [0.2, 0.25) is 0 Å². The Hall–Kier alpha value is -2.69. The number of ether oxygens (including phenoxy) is 5. The number of allylic oxidation sites excluding steroid dienone is 6. The minimum Gasteiger partial charge on any atom is -0.465 e. The lowest BCUT2D eigenvalue weighted by Gasteiger charge is -2.20. The molecule has 348 valence electrons. The molecule has 1 rings (SSSR count). The van der Waals surface area contributed by atoms with Crippen LogP contribution in [-0.2, 0) is 33.3 Å². The number of likely N-dealkylation sites (tertiary alicyclic amines) is 1. The molecule has 60 heavy (non-hydrogen) atoms. The van der Waals surface area contributed by atoms with E-state index < -0.39 is 18.3 Å². The van der Waals surface area contributed by atoms with Gasteiger partial charge in [0.1, 0.15) is 19.8 Å². The quantitative estimate of drug-likeness (QED) is 0.0211. The van der Waals surface area contributed by atoms with Crippen molar-refractivity contribution in [2.24, 2.45) is 5.92 Å². The van der Waals surface area contributed by atoms with Gasteiger partial charge in [-0.15, -0.1) is 0 Å². The minimum atomic E-state index is -0.521. The summed E-state index contributed by atoms with van der Waals surface area (Å²) in [6, 6.07) is 0. The number of esters is 2. The zero-order valence-corrected chi connectivity index (χ0v) is 38.8. The molecule has 1 heterocycles. The number of amides is 1. The number of hydrogen-bond donors (Lipinski definition) is 1. The van der Waals surface area contributed by atoms with E-state index in [0.29, 0.717) is 32.6 Å². The average Bonchev–Trinajstić information content (AvgIpc) is 3.78. The van der Waals surface area contributed by atoms with Crippen molar-refractivity contribution in [3.8, 4) is 0 Å². The van der Waals surface area contributed by atoms with E-state index in [4.69, 9.17) is 23.7 Å². The predicted octanol–water partition coefficient (Wildman–Crippen LogP) is 12.4. The Kier molecular flexibility index (Phi) is 39.6. The summed E-state index contributed by atoms with van der Waals surface area (Å²) in [7, 11) is 0. The van der Waals surface area contributed by atoms with Crippen molar-refractivity contribution in [3.05, 3.63) is 36.5 Å². The summed E-state index contributed by atoms with van der Waals surface area (Å²) in [5.41, 5.74) is 0. The second kappa shape index (κ2) is 43.0. The van der Waals surface area contributed by atoms with Crippen molar-refractivity contribution >= 4 is 18.0 Å². The predicted molar refractivity (Wildman–Crippen MR) is 246 cm³/mol. The fourth-order valence-corrected chi connectivity index (χ4v) is 6.90. The highest BCUT2D eigenvalue weighted by Gasteiger charge is 2.19. The molecule has 0 aromatic carbocycles. The van der Waals surface area contributed by atoms with Crippen LogP contribution < -0.4 is 5.32 Å². The summed E-state index contributed by atoms with van der Waals surface area (Å²) in [6.07, 6.45) is 40.1. The Balaban J connectivity index is 2.50. The molecule has 0 aromatic heterocycles. The fourth-order valence-electron chi connectivity index (χ4n) is 6.90. The topological polar surface area (TPSA) is 113 Å². The van der Waals surface area contributed by atoms with Crippen LogP contribution in [0, 0.1) is 5.92 Å². The van der Waals surface area contributed by atoms with Crippen molar-refractivity contribution < 1.29 is 38.1 Å². The van der Waals surface area contributed by atoms with Crippen molar-refractivity contribution in [2.45, 2.75) is 200 Å². The first-order valence-electron chi connectivity index (χ1n) is 24.6. The van der Waals surface area contributed by atoms with Crippen LogP contribution in [-0.4, -0.2) is 88.4 Å². The molecule has 1 aliphatic rings. The summed E-state index contributed by atoms with van der Waals surface area (Å²) in [4.78, 5) is 40.5. The normalized spacial score (nSPS) is 14.4. The van der Waals surface area contributed by atoms with Gasteiger partial charge in [-0.1, -0.05) is 128 Å². The average molecular weight is 847 g/mol. The van der Waals surface area contributed by atoms with Gasteiger partial charge in [0.15, 0.2) is 6.29 Å². The smallest absolute Gasteiger partial charge is 0.407 e. The van der Waals surface area contributed by atoms with E-state index in [1.807, 2.05) is 0 Å². The zero-order chi connectivity index (χ0) is 43.4. The maximum absolute atomic E-state index is 13.0. The van der Waals surface area contributed by atoms with E-state index in [9.17, 15) is 14.4 Å². The molecule has 2 unspecified atom stereocenters. The third kappa shape index (κ3) is 37.1. The van der Waals surface area contributed by atoms with Gasteiger partial charge >= 0.3 is 18.0 Å².